The fourth-order valence-electron chi connectivity index (χ4n) is 4.21. The van der Waals surface area contributed by atoms with E-state index in [1.807, 2.05) is 12.3 Å². The van der Waals surface area contributed by atoms with Gasteiger partial charge >= 0.3 is 0 Å². The Bertz CT molecular complexity index is 1350. The van der Waals surface area contributed by atoms with E-state index in [-0.39, 0.29) is 11.7 Å². The Morgan fingerprint density at radius 3 is 2.59 bits per heavy atom. The molecule has 1 aromatic heterocycles. The van der Waals surface area contributed by atoms with Crippen LogP contribution in [0.4, 0.5) is 0 Å². The lowest BCUT2D eigenvalue weighted by Gasteiger charge is -2.30. The fraction of sp³-hybridized carbons (Fsp3) is 0.0769. The molecule has 0 radical (unpaired) electrons. The number of H-pyrrole nitrogens is 1. The molecule has 6 nitrogen and oxygen atoms in total. The van der Waals surface area contributed by atoms with E-state index in [1.165, 1.54) is 0 Å². The van der Waals surface area contributed by atoms with Gasteiger partial charge in [-0.3, -0.25) is 9.79 Å². The van der Waals surface area contributed by atoms with Crippen LogP contribution in [0.2, 0.25) is 0 Å². The van der Waals surface area contributed by atoms with Gasteiger partial charge in [-0.25, -0.2) is 0 Å². The molecule has 2 aromatic rings. The predicted octanol–water partition coefficient (Wildman–Crippen LogP) is 3.30. The molecule has 6 heteroatoms. The molecule has 4 aliphatic rings. The molecule has 5 heterocycles. The van der Waals surface area contributed by atoms with Crippen LogP contribution in [-0.2, 0) is 0 Å². The summed E-state index contributed by atoms with van der Waals surface area (Å²) in [5, 5.41) is 6.86. The van der Waals surface area contributed by atoms with Gasteiger partial charge in [0.25, 0.3) is 0 Å². The minimum absolute atomic E-state index is 0.0988. The monoisotopic (exact) mass is 419 g/mol. The normalized spacial score (nSPS) is 20.7. The molecule has 0 fully saturated rings. The maximum absolute atomic E-state index is 11.3. The summed E-state index contributed by atoms with van der Waals surface area (Å²) in [5.74, 6) is 0. The first-order valence-electron chi connectivity index (χ1n) is 10.6. The largest absolute Gasteiger partial charge is 0.380 e. The summed E-state index contributed by atoms with van der Waals surface area (Å²) in [4.78, 5) is 20.8. The second kappa shape index (κ2) is 7.42. The van der Waals surface area contributed by atoms with Crippen LogP contribution in [0.1, 0.15) is 5.56 Å². The van der Waals surface area contributed by atoms with Crippen LogP contribution < -0.4 is 16.2 Å². The molecule has 0 spiro atoms. The van der Waals surface area contributed by atoms with Gasteiger partial charge in [0, 0.05) is 54.1 Å². The van der Waals surface area contributed by atoms with E-state index in [0.717, 1.165) is 51.5 Å². The van der Waals surface area contributed by atoms with Crippen molar-refractivity contribution in [3.05, 3.63) is 130 Å². The number of nitrogens with one attached hydrogen (secondary N) is 3. The number of pyridine rings is 1. The highest BCUT2D eigenvalue weighted by atomic mass is 16.1. The summed E-state index contributed by atoms with van der Waals surface area (Å²) in [6.07, 6.45) is 18.7. The van der Waals surface area contributed by atoms with Crippen LogP contribution in [0.15, 0.2) is 124 Å². The quantitative estimate of drug-likeness (QED) is 0.711. The number of allylic oxidation sites excluding steroid dienone is 5. The van der Waals surface area contributed by atoms with Gasteiger partial charge in [0.1, 0.15) is 6.17 Å². The summed E-state index contributed by atoms with van der Waals surface area (Å²) >= 11 is 0. The highest BCUT2D eigenvalue weighted by molar-refractivity contribution is 6.19. The van der Waals surface area contributed by atoms with E-state index >= 15 is 0 Å². The van der Waals surface area contributed by atoms with Gasteiger partial charge in [0.15, 0.2) is 0 Å². The zero-order valence-corrected chi connectivity index (χ0v) is 17.2. The van der Waals surface area contributed by atoms with E-state index in [0.29, 0.717) is 0 Å². The van der Waals surface area contributed by atoms with Gasteiger partial charge in [-0.1, -0.05) is 42.5 Å². The van der Waals surface area contributed by atoms with Crippen LogP contribution in [0.25, 0.3) is 11.1 Å². The number of aromatic nitrogens is 1. The molecular weight excluding hydrogens is 398 g/mol. The third-order valence-corrected chi connectivity index (χ3v) is 5.95. The zero-order chi connectivity index (χ0) is 21.5. The number of benzene rings is 1. The van der Waals surface area contributed by atoms with E-state index in [2.05, 4.69) is 92.6 Å². The Labute approximate surface area is 185 Å². The first-order chi connectivity index (χ1) is 15.8. The van der Waals surface area contributed by atoms with Gasteiger partial charge in [0.05, 0.1) is 17.1 Å². The highest BCUT2D eigenvalue weighted by Crippen LogP contribution is 2.33. The van der Waals surface area contributed by atoms with E-state index < -0.39 is 0 Å². The molecule has 0 bridgehead atoms. The number of hydrogen-bond donors (Lipinski definition) is 3. The molecule has 3 N–H and O–H groups in total. The first-order valence-corrected chi connectivity index (χ1v) is 10.6. The highest BCUT2D eigenvalue weighted by Gasteiger charge is 2.29. The van der Waals surface area contributed by atoms with Crippen molar-refractivity contribution in [2.45, 2.75) is 6.17 Å². The molecule has 4 aliphatic heterocycles. The van der Waals surface area contributed by atoms with E-state index in [4.69, 9.17) is 0 Å². The molecule has 1 aromatic carbocycles. The lowest BCUT2D eigenvalue weighted by Crippen LogP contribution is -2.35. The number of rotatable bonds is 4. The molecule has 1 atom stereocenters. The minimum Gasteiger partial charge on any atom is -0.380 e. The first kappa shape index (κ1) is 18.4. The van der Waals surface area contributed by atoms with Crippen molar-refractivity contribution in [3.63, 3.8) is 0 Å². The second-order valence-electron chi connectivity index (χ2n) is 7.92. The Kier molecular flexibility index (Phi) is 4.28. The summed E-state index contributed by atoms with van der Waals surface area (Å²) in [6, 6.07) is 11.6. The lowest BCUT2D eigenvalue weighted by molar-refractivity contribution is 0.399. The van der Waals surface area contributed by atoms with Crippen molar-refractivity contribution in [3.8, 4) is 11.1 Å². The van der Waals surface area contributed by atoms with Gasteiger partial charge in [0.2, 0.25) is 5.56 Å². The Hall–Kier alpha value is -4.32. The maximum atomic E-state index is 11.3. The average Bonchev–Trinajstić information content (AvgIpc) is 3.23. The molecule has 32 heavy (non-hydrogen) atoms. The third kappa shape index (κ3) is 3.13. The molecule has 1 unspecified atom stereocenters. The van der Waals surface area contributed by atoms with Crippen molar-refractivity contribution in [1.29, 1.82) is 0 Å². The lowest BCUT2D eigenvalue weighted by atomic mass is 9.91. The van der Waals surface area contributed by atoms with Crippen LogP contribution in [-0.4, -0.2) is 28.3 Å². The van der Waals surface area contributed by atoms with Crippen molar-refractivity contribution in [2.75, 3.05) is 6.54 Å². The molecule has 0 saturated carbocycles. The van der Waals surface area contributed by atoms with Crippen LogP contribution in [0, 0.1) is 0 Å². The number of aliphatic imine (C=N–C) groups is 1. The number of aromatic amines is 1. The van der Waals surface area contributed by atoms with Crippen LogP contribution in [0.5, 0.6) is 0 Å². The number of hydrogen-bond acceptors (Lipinski definition) is 5. The summed E-state index contributed by atoms with van der Waals surface area (Å²) in [6.45, 7) is 0.838. The smallest absolute Gasteiger partial charge is 0.247 e. The van der Waals surface area contributed by atoms with Gasteiger partial charge in [-0.15, -0.1) is 0 Å². The SMILES string of the molecule is O=c1ccc(-c2ccc(C3=NC=C3C3=CN4C(C5=CC=CCN5)=CNC4C=C3)cc2)c[nH]1. The van der Waals surface area contributed by atoms with Crippen molar-refractivity contribution in [2.24, 2.45) is 4.99 Å². The number of fused-ring (bicyclic) bond motifs is 1. The van der Waals surface area contributed by atoms with Crippen molar-refractivity contribution in [1.82, 2.24) is 20.5 Å². The number of nitrogens with zero attached hydrogens (tertiary/aromatic N) is 2. The Morgan fingerprint density at radius 2 is 1.88 bits per heavy atom. The molecular formula is C26H21N5O. The summed E-state index contributed by atoms with van der Waals surface area (Å²) in [5.41, 5.74) is 8.51. The summed E-state index contributed by atoms with van der Waals surface area (Å²) in [7, 11) is 0. The van der Waals surface area contributed by atoms with Crippen molar-refractivity contribution < 1.29 is 0 Å². The standard InChI is InChI=1S/C26H21N5O/c32-25-11-9-19(13-29-25)17-4-6-18(7-5-17)26-21(14-30-26)20-8-10-24-28-15-23(31(24)16-20)22-3-1-2-12-27-22/h1-11,13-16,24,27-28H,12H2,(H,29,32). The summed E-state index contributed by atoms with van der Waals surface area (Å²) < 4.78 is 0. The topological polar surface area (TPSA) is 72.5 Å². The van der Waals surface area contributed by atoms with Crippen LogP contribution in [0.3, 0.4) is 0 Å². The average molecular weight is 419 g/mol. The molecule has 6 rings (SSSR count). The molecule has 0 amide bonds. The molecule has 156 valence electrons. The van der Waals surface area contributed by atoms with Gasteiger partial charge in [-0.2, -0.15) is 0 Å². The second-order valence-corrected chi connectivity index (χ2v) is 7.92. The van der Waals surface area contributed by atoms with E-state index in [1.54, 1.807) is 12.3 Å². The fourth-order valence-corrected chi connectivity index (χ4v) is 4.21. The van der Waals surface area contributed by atoms with Crippen LogP contribution >= 0.6 is 0 Å². The maximum Gasteiger partial charge on any atom is 0.247 e. The Balaban J connectivity index is 1.23. The number of dihydropyridines is 1. The Morgan fingerprint density at radius 1 is 1.03 bits per heavy atom. The molecule has 0 saturated heterocycles. The van der Waals surface area contributed by atoms with Gasteiger partial charge < -0.3 is 20.5 Å². The third-order valence-electron chi connectivity index (χ3n) is 5.95. The van der Waals surface area contributed by atoms with E-state index in [9.17, 15) is 4.79 Å². The molecule has 0 aliphatic carbocycles. The zero-order valence-electron chi connectivity index (χ0n) is 17.2. The minimum atomic E-state index is -0.0988. The predicted molar refractivity (Wildman–Crippen MR) is 126 cm³/mol. The van der Waals surface area contributed by atoms with Gasteiger partial charge in [-0.05, 0) is 29.3 Å². The van der Waals surface area contributed by atoms with Crippen molar-refractivity contribution >= 4 is 5.71 Å².